The van der Waals surface area contributed by atoms with Gasteiger partial charge in [-0.25, -0.2) is 0 Å². The molecule has 0 bridgehead atoms. The van der Waals surface area contributed by atoms with Crippen molar-refractivity contribution in [3.05, 3.63) is 32.4 Å². The molecule has 1 fully saturated rings. The maximum absolute atomic E-state index is 6.05. The predicted molar refractivity (Wildman–Crippen MR) is 73.3 cm³/mol. The number of rotatable bonds is 3. The summed E-state index contributed by atoms with van der Waals surface area (Å²) in [5.41, 5.74) is 1.36. The van der Waals surface area contributed by atoms with Crippen molar-refractivity contribution in [2.75, 3.05) is 7.05 Å². The quantitative estimate of drug-likeness (QED) is 0.823. The minimum absolute atomic E-state index is 0.476. The lowest BCUT2D eigenvalue weighted by atomic mass is 9.77. The average molecular weight is 336 g/mol. The Balaban J connectivity index is 2.28. The van der Waals surface area contributed by atoms with Gasteiger partial charge in [0.25, 0.3) is 0 Å². The van der Waals surface area contributed by atoms with Gasteiger partial charge < -0.3 is 5.32 Å². The Kier molecular flexibility index (Phi) is 3.91. The van der Waals surface area contributed by atoms with Gasteiger partial charge in [0.1, 0.15) is 0 Å². The van der Waals surface area contributed by atoms with Crippen molar-refractivity contribution in [1.82, 2.24) is 5.32 Å². The van der Waals surface area contributed by atoms with Crippen LogP contribution in [0.15, 0.2) is 18.2 Å². The van der Waals surface area contributed by atoms with Crippen molar-refractivity contribution in [1.29, 1.82) is 0 Å². The van der Waals surface area contributed by atoms with Crippen LogP contribution in [0.5, 0.6) is 0 Å². The van der Waals surface area contributed by atoms with Crippen LogP contribution >= 0.6 is 34.2 Å². The summed E-state index contributed by atoms with van der Waals surface area (Å²) in [6, 6.07) is 6.63. The molecule has 15 heavy (non-hydrogen) atoms. The highest BCUT2D eigenvalue weighted by Gasteiger charge is 2.28. The number of benzene rings is 1. The van der Waals surface area contributed by atoms with Crippen molar-refractivity contribution < 1.29 is 0 Å². The summed E-state index contributed by atoms with van der Waals surface area (Å²) in [5.74, 6) is 0.794. The highest BCUT2D eigenvalue weighted by Crippen LogP contribution is 2.39. The molecule has 0 radical (unpaired) electrons. The molecule has 1 N–H and O–H groups in total. The number of nitrogens with one attached hydrogen (secondary N) is 1. The van der Waals surface area contributed by atoms with Crippen LogP contribution in [0.25, 0.3) is 0 Å². The normalized spacial score (nSPS) is 18.6. The summed E-state index contributed by atoms with van der Waals surface area (Å²) in [6.45, 7) is 0. The zero-order chi connectivity index (χ0) is 10.8. The van der Waals surface area contributed by atoms with Crippen molar-refractivity contribution >= 4 is 34.2 Å². The van der Waals surface area contributed by atoms with Crippen LogP contribution in [-0.2, 0) is 0 Å². The molecule has 1 unspecified atom stereocenters. The molecule has 1 aromatic carbocycles. The van der Waals surface area contributed by atoms with E-state index >= 15 is 0 Å². The standard InChI is InChI=1S/C12H15ClIN/c1-15-12(8-3-2-4-8)10-7-9(13)5-6-11(10)14/h5-8,12,15H,2-4H2,1H3. The third-order valence-electron chi connectivity index (χ3n) is 3.23. The molecule has 1 atom stereocenters. The van der Waals surface area contributed by atoms with Gasteiger partial charge in [0.2, 0.25) is 0 Å². The van der Waals surface area contributed by atoms with Crippen LogP contribution < -0.4 is 5.32 Å². The molecule has 1 nitrogen and oxygen atoms in total. The second kappa shape index (κ2) is 5.02. The third kappa shape index (κ3) is 2.48. The Morgan fingerprint density at radius 1 is 1.47 bits per heavy atom. The highest BCUT2D eigenvalue weighted by molar-refractivity contribution is 14.1. The lowest BCUT2D eigenvalue weighted by molar-refractivity contribution is 0.239. The first kappa shape index (κ1) is 11.7. The first-order chi connectivity index (χ1) is 7.22. The summed E-state index contributed by atoms with van der Waals surface area (Å²) in [7, 11) is 2.04. The molecule has 0 spiro atoms. The van der Waals surface area contributed by atoms with Gasteiger partial charge in [0.05, 0.1) is 0 Å². The van der Waals surface area contributed by atoms with E-state index in [0.717, 1.165) is 10.9 Å². The molecule has 0 heterocycles. The van der Waals surface area contributed by atoms with E-state index in [4.69, 9.17) is 11.6 Å². The largest absolute Gasteiger partial charge is 0.313 e. The number of halogens is 2. The molecule has 1 aromatic rings. The van der Waals surface area contributed by atoms with E-state index in [9.17, 15) is 0 Å². The van der Waals surface area contributed by atoms with Gasteiger partial charge in [-0.3, -0.25) is 0 Å². The van der Waals surface area contributed by atoms with E-state index in [0.29, 0.717) is 6.04 Å². The summed E-state index contributed by atoms with van der Waals surface area (Å²) >= 11 is 8.44. The minimum Gasteiger partial charge on any atom is -0.313 e. The van der Waals surface area contributed by atoms with Crippen molar-refractivity contribution in [2.45, 2.75) is 25.3 Å². The van der Waals surface area contributed by atoms with E-state index in [-0.39, 0.29) is 0 Å². The Labute approximate surface area is 110 Å². The SMILES string of the molecule is CNC(c1cc(Cl)ccc1I)C1CCC1. The minimum atomic E-state index is 0.476. The van der Waals surface area contributed by atoms with E-state index in [1.165, 1.54) is 28.4 Å². The van der Waals surface area contributed by atoms with Crippen LogP contribution in [0, 0.1) is 9.49 Å². The molecule has 3 heteroatoms. The van der Waals surface area contributed by atoms with Gasteiger partial charge in [-0.1, -0.05) is 18.0 Å². The molecule has 0 aromatic heterocycles. The monoisotopic (exact) mass is 335 g/mol. The summed E-state index contributed by atoms with van der Waals surface area (Å²) in [6.07, 6.45) is 4.06. The molecule has 1 aliphatic carbocycles. The first-order valence-corrected chi connectivity index (χ1v) is 6.80. The van der Waals surface area contributed by atoms with Crippen LogP contribution in [0.3, 0.4) is 0 Å². The fourth-order valence-electron chi connectivity index (χ4n) is 2.17. The van der Waals surface area contributed by atoms with Crippen LogP contribution in [0.4, 0.5) is 0 Å². The van der Waals surface area contributed by atoms with E-state index in [2.05, 4.69) is 40.0 Å². The van der Waals surface area contributed by atoms with Crippen LogP contribution in [-0.4, -0.2) is 7.05 Å². The molecule has 0 amide bonds. The van der Waals surface area contributed by atoms with E-state index in [1.54, 1.807) is 0 Å². The molecular formula is C12H15ClIN. The lowest BCUT2D eigenvalue weighted by Crippen LogP contribution is -2.30. The van der Waals surface area contributed by atoms with Crippen molar-refractivity contribution in [3.8, 4) is 0 Å². The second-order valence-electron chi connectivity index (χ2n) is 4.12. The fourth-order valence-corrected chi connectivity index (χ4v) is 3.02. The Morgan fingerprint density at radius 2 is 2.20 bits per heavy atom. The van der Waals surface area contributed by atoms with Gasteiger partial charge in [-0.2, -0.15) is 0 Å². The Hall–Kier alpha value is 0.200. The molecule has 0 aliphatic heterocycles. The van der Waals surface area contributed by atoms with Gasteiger partial charge in [0, 0.05) is 14.6 Å². The predicted octanol–water partition coefficient (Wildman–Crippen LogP) is 4.01. The fraction of sp³-hybridized carbons (Fsp3) is 0.500. The topological polar surface area (TPSA) is 12.0 Å². The average Bonchev–Trinajstić information content (AvgIpc) is 2.15. The van der Waals surface area contributed by atoms with Crippen molar-refractivity contribution in [2.24, 2.45) is 5.92 Å². The molecule has 1 aliphatic rings. The molecule has 82 valence electrons. The highest BCUT2D eigenvalue weighted by atomic mass is 127. The van der Waals surface area contributed by atoms with E-state index in [1.807, 2.05) is 13.1 Å². The third-order valence-corrected chi connectivity index (χ3v) is 4.44. The molecule has 1 saturated carbocycles. The summed E-state index contributed by atoms with van der Waals surface area (Å²) < 4.78 is 1.31. The summed E-state index contributed by atoms with van der Waals surface area (Å²) in [5, 5.41) is 4.26. The van der Waals surface area contributed by atoms with Crippen LogP contribution in [0.2, 0.25) is 5.02 Å². The maximum atomic E-state index is 6.05. The van der Waals surface area contributed by atoms with Gasteiger partial charge in [-0.05, 0) is 72.2 Å². The Morgan fingerprint density at radius 3 is 2.73 bits per heavy atom. The van der Waals surface area contributed by atoms with Crippen LogP contribution in [0.1, 0.15) is 30.9 Å². The number of hydrogen-bond donors (Lipinski definition) is 1. The maximum Gasteiger partial charge on any atom is 0.0410 e. The summed E-state index contributed by atoms with van der Waals surface area (Å²) in [4.78, 5) is 0. The lowest BCUT2D eigenvalue weighted by Gasteiger charge is -2.34. The molecule has 2 rings (SSSR count). The molecular weight excluding hydrogens is 320 g/mol. The molecule has 0 saturated heterocycles. The first-order valence-electron chi connectivity index (χ1n) is 5.34. The smallest absolute Gasteiger partial charge is 0.0410 e. The van der Waals surface area contributed by atoms with Gasteiger partial charge in [-0.15, -0.1) is 0 Å². The zero-order valence-electron chi connectivity index (χ0n) is 8.76. The van der Waals surface area contributed by atoms with Gasteiger partial charge in [0.15, 0.2) is 0 Å². The van der Waals surface area contributed by atoms with Crippen molar-refractivity contribution in [3.63, 3.8) is 0 Å². The number of hydrogen-bond acceptors (Lipinski definition) is 1. The van der Waals surface area contributed by atoms with Gasteiger partial charge >= 0.3 is 0 Å². The zero-order valence-corrected chi connectivity index (χ0v) is 11.7. The Bertz CT molecular complexity index is 349. The van der Waals surface area contributed by atoms with E-state index < -0.39 is 0 Å². The second-order valence-corrected chi connectivity index (χ2v) is 5.72.